The van der Waals surface area contributed by atoms with E-state index in [2.05, 4.69) is 4.98 Å². The van der Waals surface area contributed by atoms with Crippen molar-refractivity contribution < 1.29 is 23.4 Å². The molecule has 128 valence electrons. The van der Waals surface area contributed by atoms with Gasteiger partial charge in [-0.05, 0) is 30.7 Å². The average Bonchev–Trinajstić information content (AvgIpc) is 2.59. The summed E-state index contributed by atoms with van der Waals surface area (Å²) in [7, 11) is 0. The number of hydrogen-bond donors (Lipinski definition) is 1. The van der Waals surface area contributed by atoms with Gasteiger partial charge in [-0.1, -0.05) is 6.92 Å². The Morgan fingerprint density at radius 3 is 2.74 bits per heavy atom. The number of carbonyl (C=O) groups is 1. The Morgan fingerprint density at radius 1 is 1.48 bits per heavy atom. The summed E-state index contributed by atoms with van der Waals surface area (Å²) < 4.78 is 29.3. The van der Waals surface area contributed by atoms with Crippen molar-refractivity contribution in [3.63, 3.8) is 0 Å². The summed E-state index contributed by atoms with van der Waals surface area (Å²) in [5.74, 6) is -0.0333. The van der Waals surface area contributed by atoms with Gasteiger partial charge in [-0.2, -0.15) is 0 Å². The van der Waals surface area contributed by atoms with Crippen LogP contribution in [0.25, 0.3) is 0 Å². The molecule has 0 saturated carbocycles. The van der Waals surface area contributed by atoms with Gasteiger partial charge in [0.15, 0.2) is 0 Å². The Labute approximate surface area is 134 Å². The van der Waals surface area contributed by atoms with E-state index in [1.165, 1.54) is 18.3 Å². The number of hydrogen-bond acceptors (Lipinski definition) is 4. The lowest BCUT2D eigenvalue weighted by Gasteiger charge is -2.40. The van der Waals surface area contributed by atoms with Gasteiger partial charge in [0.05, 0.1) is 0 Å². The first-order valence-corrected chi connectivity index (χ1v) is 7.77. The second-order valence-corrected chi connectivity index (χ2v) is 5.88. The number of aromatic nitrogens is 1. The minimum absolute atomic E-state index is 0.105. The average molecular weight is 328 g/mol. The van der Waals surface area contributed by atoms with E-state index in [4.69, 9.17) is 4.74 Å². The number of likely N-dealkylation sites (tertiary alicyclic amines) is 1. The molecule has 1 aromatic heterocycles. The molecule has 1 fully saturated rings. The van der Waals surface area contributed by atoms with E-state index >= 15 is 0 Å². The molecule has 1 saturated heterocycles. The number of alkyl halides is 2. The fourth-order valence-corrected chi connectivity index (χ4v) is 2.75. The van der Waals surface area contributed by atoms with Gasteiger partial charge in [0, 0.05) is 32.0 Å². The Hall–Kier alpha value is -1.76. The molecule has 0 bridgehead atoms. The Bertz CT molecular complexity index is 526. The molecule has 1 aromatic rings. The fourth-order valence-electron chi connectivity index (χ4n) is 2.75. The molecule has 0 unspecified atom stereocenters. The quantitative estimate of drug-likeness (QED) is 0.871. The van der Waals surface area contributed by atoms with Crippen LogP contribution >= 0.6 is 0 Å². The van der Waals surface area contributed by atoms with Crippen LogP contribution in [-0.4, -0.2) is 53.6 Å². The van der Waals surface area contributed by atoms with Crippen LogP contribution in [0.15, 0.2) is 18.3 Å². The van der Waals surface area contributed by atoms with Crippen molar-refractivity contribution in [1.82, 2.24) is 9.88 Å². The molecule has 1 N–H and O–H groups in total. The van der Waals surface area contributed by atoms with Crippen molar-refractivity contribution in [2.24, 2.45) is 5.41 Å². The summed E-state index contributed by atoms with van der Waals surface area (Å²) >= 11 is 0. The highest BCUT2D eigenvalue weighted by molar-refractivity contribution is 5.92. The predicted octanol–water partition coefficient (Wildman–Crippen LogP) is 2.35. The van der Waals surface area contributed by atoms with E-state index in [1.807, 2.05) is 6.92 Å². The third-order valence-corrected chi connectivity index (χ3v) is 4.52. The van der Waals surface area contributed by atoms with E-state index < -0.39 is 13.0 Å². The summed E-state index contributed by atoms with van der Waals surface area (Å²) in [5.41, 5.74) is 0.0802. The molecule has 1 aliphatic rings. The molecule has 1 amide bonds. The van der Waals surface area contributed by atoms with Crippen LogP contribution in [0.1, 0.15) is 36.7 Å². The van der Waals surface area contributed by atoms with E-state index in [9.17, 15) is 18.7 Å². The number of rotatable bonds is 6. The Balaban J connectivity index is 2.00. The molecule has 7 heteroatoms. The highest BCUT2D eigenvalue weighted by Gasteiger charge is 2.34. The zero-order valence-electron chi connectivity index (χ0n) is 13.2. The zero-order valence-corrected chi connectivity index (χ0v) is 13.2. The predicted molar refractivity (Wildman–Crippen MR) is 80.7 cm³/mol. The van der Waals surface area contributed by atoms with Crippen LogP contribution in [-0.2, 0) is 0 Å². The first kappa shape index (κ1) is 17.6. The van der Waals surface area contributed by atoms with Crippen molar-refractivity contribution in [3.05, 3.63) is 24.0 Å². The SMILES string of the molecule is CCC1(CO)CCN(C(=O)c2cc(OCC(F)F)ccn2)CC1. The van der Waals surface area contributed by atoms with Crippen molar-refractivity contribution in [3.8, 4) is 5.75 Å². The molecule has 0 radical (unpaired) electrons. The van der Waals surface area contributed by atoms with Crippen LogP contribution in [0.2, 0.25) is 0 Å². The van der Waals surface area contributed by atoms with Crippen molar-refractivity contribution in [1.29, 1.82) is 0 Å². The van der Waals surface area contributed by atoms with Crippen LogP contribution in [0.3, 0.4) is 0 Å². The van der Waals surface area contributed by atoms with E-state index in [1.54, 1.807) is 4.90 Å². The minimum Gasteiger partial charge on any atom is -0.488 e. The first-order chi connectivity index (χ1) is 11.0. The second-order valence-electron chi connectivity index (χ2n) is 5.88. The van der Waals surface area contributed by atoms with Crippen molar-refractivity contribution in [2.45, 2.75) is 32.6 Å². The Morgan fingerprint density at radius 2 is 2.17 bits per heavy atom. The van der Waals surface area contributed by atoms with Gasteiger partial charge in [-0.15, -0.1) is 0 Å². The maximum absolute atomic E-state index is 12.5. The summed E-state index contributed by atoms with van der Waals surface area (Å²) in [5, 5.41) is 9.53. The number of piperidine rings is 1. The molecule has 0 aromatic carbocycles. The largest absolute Gasteiger partial charge is 0.488 e. The van der Waals surface area contributed by atoms with Gasteiger partial charge >= 0.3 is 0 Å². The lowest BCUT2D eigenvalue weighted by Crippen LogP contribution is -2.44. The summed E-state index contributed by atoms with van der Waals surface area (Å²) in [6.45, 7) is 2.56. The number of aliphatic hydroxyl groups is 1. The van der Waals surface area contributed by atoms with Crippen LogP contribution in [0.4, 0.5) is 8.78 Å². The number of halogens is 2. The standard InChI is InChI=1S/C16H22F2N2O3/c1-2-16(11-21)4-7-20(8-5-16)15(22)13-9-12(3-6-19-13)23-10-14(17)18/h3,6,9,14,21H,2,4-5,7-8,10-11H2,1H3. The maximum Gasteiger partial charge on any atom is 0.272 e. The van der Waals surface area contributed by atoms with E-state index in [-0.39, 0.29) is 29.4 Å². The smallest absolute Gasteiger partial charge is 0.272 e. The normalized spacial score (nSPS) is 17.3. The highest BCUT2D eigenvalue weighted by Crippen LogP contribution is 2.34. The second kappa shape index (κ2) is 7.68. The fraction of sp³-hybridized carbons (Fsp3) is 0.625. The van der Waals surface area contributed by atoms with Gasteiger partial charge < -0.3 is 14.7 Å². The van der Waals surface area contributed by atoms with Gasteiger partial charge in [0.2, 0.25) is 0 Å². The van der Waals surface area contributed by atoms with Crippen molar-refractivity contribution in [2.75, 3.05) is 26.3 Å². The number of pyridine rings is 1. The molecule has 1 aliphatic heterocycles. The van der Waals surface area contributed by atoms with Gasteiger partial charge in [-0.3, -0.25) is 9.78 Å². The van der Waals surface area contributed by atoms with E-state index in [0.29, 0.717) is 13.1 Å². The molecule has 0 aliphatic carbocycles. The van der Waals surface area contributed by atoms with E-state index in [0.717, 1.165) is 19.3 Å². The van der Waals surface area contributed by atoms with Gasteiger partial charge in [0.25, 0.3) is 12.3 Å². The lowest BCUT2D eigenvalue weighted by molar-refractivity contribution is 0.0334. The molecule has 5 nitrogen and oxygen atoms in total. The number of nitrogens with zero attached hydrogens (tertiary/aromatic N) is 2. The summed E-state index contributed by atoms with van der Waals surface area (Å²) in [4.78, 5) is 18.2. The molecule has 0 atom stereocenters. The number of ether oxygens (including phenoxy) is 1. The molecule has 0 spiro atoms. The molecular weight excluding hydrogens is 306 g/mol. The number of carbonyl (C=O) groups excluding carboxylic acids is 1. The van der Waals surface area contributed by atoms with Crippen molar-refractivity contribution >= 4 is 5.91 Å². The highest BCUT2D eigenvalue weighted by atomic mass is 19.3. The summed E-state index contributed by atoms with van der Waals surface area (Å²) in [6.07, 6.45) is 1.17. The van der Waals surface area contributed by atoms with Crippen LogP contribution in [0, 0.1) is 5.41 Å². The minimum atomic E-state index is -2.56. The molecule has 2 rings (SSSR count). The topological polar surface area (TPSA) is 62.7 Å². The number of aliphatic hydroxyl groups excluding tert-OH is 1. The third-order valence-electron chi connectivity index (χ3n) is 4.52. The van der Waals surface area contributed by atoms with Gasteiger partial charge in [-0.25, -0.2) is 8.78 Å². The first-order valence-electron chi connectivity index (χ1n) is 7.77. The maximum atomic E-state index is 12.5. The Kier molecular flexibility index (Phi) is 5.87. The van der Waals surface area contributed by atoms with Crippen LogP contribution < -0.4 is 4.74 Å². The monoisotopic (exact) mass is 328 g/mol. The zero-order chi connectivity index (χ0) is 16.9. The third kappa shape index (κ3) is 4.37. The molecule has 2 heterocycles. The summed E-state index contributed by atoms with van der Waals surface area (Å²) in [6, 6.07) is 2.83. The molecule has 23 heavy (non-hydrogen) atoms. The van der Waals surface area contributed by atoms with Crippen LogP contribution in [0.5, 0.6) is 5.75 Å². The lowest BCUT2D eigenvalue weighted by atomic mass is 9.77. The number of amides is 1. The van der Waals surface area contributed by atoms with Gasteiger partial charge in [0.1, 0.15) is 18.1 Å². The molecular formula is C16H22F2N2O3.